The smallest absolute Gasteiger partial charge is 0.159 e. The molecule has 0 fully saturated rings. The molecule has 8 aromatic rings. The molecule has 258 valence electrons. The molecule has 0 bridgehead atoms. The second kappa shape index (κ2) is 14.4. The fourth-order valence-electron chi connectivity index (χ4n) is 7.75. The van der Waals surface area contributed by atoms with Crippen molar-refractivity contribution in [3.63, 3.8) is 0 Å². The van der Waals surface area contributed by atoms with Crippen LogP contribution < -0.4 is 20.9 Å². The maximum absolute atomic E-state index is 5.07. The summed E-state index contributed by atoms with van der Waals surface area (Å²) in [5.41, 5.74) is 13.3. The van der Waals surface area contributed by atoms with E-state index in [-0.39, 0.29) is 0 Å². The van der Waals surface area contributed by atoms with Gasteiger partial charge in [-0.3, -0.25) is 4.98 Å². The summed E-state index contributed by atoms with van der Waals surface area (Å²) in [7, 11) is 0. The number of hydrogen-bond donors (Lipinski definition) is 0. The zero-order valence-corrected chi connectivity index (χ0v) is 30.5. The summed E-state index contributed by atoms with van der Waals surface area (Å²) in [5.74, 6) is 0. The molecule has 3 heterocycles. The Bertz CT molecular complexity index is 3010. The van der Waals surface area contributed by atoms with Crippen LogP contribution in [0.4, 0.5) is 0 Å². The molecule has 0 N–H and O–H groups in total. The van der Waals surface area contributed by atoms with E-state index in [1.54, 1.807) is 6.20 Å². The van der Waals surface area contributed by atoms with Crippen LogP contribution in [0.5, 0.6) is 0 Å². The zero-order chi connectivity index (χ0) is 36.4. The summed E-state index contributed by atoms with van der Waals surface area (Å²) in [6, 6.07) is 52.1. The fraction of sp³-hybridized carbons (Fsp3) is 0.0784. The highest BCUT2D eigenvalue weighted by molar-refractivity contribution is 5.94. The van der Waals surface area contributed by atoms with Gasteiger partial charge in [0.15, 0.2) is 5.65 Å². The van der Waals surface area contributed by atoms with Crippen molar-refractivity contribution >= 4 is 50.8 Å². The highest BCUT2D eigenvalue weighted by Crippen LogP contribution is 2.34. The van der Waals surface area contributed by atoms with Crippen LogP contribution in [0.2, 0.25) is 0 Å². The zero-order valence-electron chi connectivity index (χ0n) is 30.5. The number of allylic oxidation sites excluding steroid dienone is 2. The summed E-state index contributed by atoms with van der Waals surface area (Å²) >= 11 is 0. The molecule has 54 heavy (non-hydrogen) atoms. The molecule has 0 atom stereocenters. The largest absolute Gasteiger partial charge is 0.256 e. The molecular weight excluding hydrogens is 655 g/mol. The van der Waals surface area contributed by atoms with Gasteiger partial charge in [0.2, 0.25) is 0 Å². The normalized spacial score (nSPS) is 13.6. The number of nitrogens with zero attached hydrogens (tertiary/aromatic N) is 3. The lowest BCUT2D eigenvalue weighted by molar-refractivity contribution is 1.15. The summed E-state index contributed by atoms with van der Waals surface area (Å²) in [5, 5.41) is 7.08. The molecule has 0 unspecified atom stereocenters. The van der Waals surface area contributed by atoms with E-state index in [9.17, 15) is 0 Å². The third-order valence-corrected chi connectivity index (χ3v) is 10.6. The molecule has 0 saturated carbocycles. The lowest BCUT2D eigenvalue weighted by Crippen LogP contribution is -2.27. The minimum Gasteiger partial charge on any atom is -0.256 e. The van der Waals surface area contributed by atoms with E-state index in [2.05, 4.69) is 171 Å². The van der Waals surface area contributed by atoms with Crippen LogP contribution in [0.15, 0.2) is 164 Å². The number of benzene rings is 5. The van der Waals surface area contributed by atoms with Gasteiger partial charge >= 0.3 is 0 Å². The molecule has 3 aromatic heterocycles. The van der Waals surface area contributed by atoms with Crippen molar-refractivity contribution < 1.29 is 0 Å². The molecule has 0 saturated heterocycles. The molecule has 1 aliphatic carbocycles. The highest BCUT2D eigenvalue weighted by atomic mass is 14.8. The first-order chi connectivity index (χ1) is 26.6. The number of pyridine rings is 3. The predicted molar refractivity (Wildman–Crippen MR) is 226 cm³/mol. The second-order valence-corrected chi connectivity index (χ2v) is 13.8. The SMILES string of the molecule is C/C=c1/cccc/c1=C(\c1ccc(-c2cc(C3=CCC(CC)=c4ccccc4=C3)cc(-c3cnc4ccccc4c3)c2)cc1)c1ccc2cccnc2n1. The van der Waals surface area contributed by atoms with E-state index in [4.69, 9.17) is 9.97 Å². The molecule has 0 radical (unpaired) electrons. The van der Waals surface area contributed by atoms with Gasteiger partial charge in [0.25, 0.3) is 0 Å². The second-order valence-electron chi connectivity index (χ2n) is 13.8. The Labute approximate surface area is 315 Å². The lowest BCUT2D eigenvalue weighted by atomic mass is 9.91. The van der Waals surface area contributed by atoms with Crippen molar-refractivity contribution in [2.24, 2.45) is 0 Å². The number of para-hydroxylation sites is 1. The van der Waals surface area contributed by atoms with Crippen molar-refractivity contribution in [1.29, 1.82) is 0 Å². The van der Waals surface area contributed by atoms with E-state index in [0.717, 1.165) is 79.1 Å². The summed E-state index contributed by atoms with van der Waals surface area (Å²) in [6.07, 6.45) is 12.7. The van der Waals surface area contributed by atoms with E-state index in [1.807, 2.05) is 18.3 Å². The van der Waals surface area contributed by atoms with Crippen LogP contribution in [0.1, 0.15) is 43.5 Å². The number of hydrogen-bond acceptors (Lipinski definition) is 3. The van der Waals surface area contributed by atoms with Gasteiger partial charge in [-0.25, -0.2) is 9.97 Å². The van der Waals surface area contributed by atoms with Crippen LogP contribution in [-0.4, -0.2) is 15.0 Å². The van der Waals surface area contributed by atoms with Gasteiger partial charge in [-0.2, -0.15) is 0 Å². The van der Waals surface area contributed by atoms with Gasteiger partial charge < -0.3 is 0 Å². The molecular formula is C51H39N3. The van der Waals surface area contributed by atoms with Gasteiger partial charge in [0, 0.05) is 34.3 Å². The Morgan fingerprint density at radius 1 is 0.648 bits per heavy atom. The number of fused-ring (bicyclic) bond motifs is 3. The first kappa shape index (κ1) is 33.1. The van der Waals surface area contributed by atoms with Crippen LogP contribution in [0, 0.1) is 0 Å². The third kappa shape index (κ3) is 6.35. The summed E-state index contributed by atoms with van der Waals surface area (Å²) < 4.78 is 0. The van der Waals surface area contributed by atoms with E-state index in [0.29, 0.717) is 0 Å². The van der Waals surface area contributed by atoms with Crippen LogP contribution in [0.25, 0.3) is 73.1 Å². The predicted octanol–water partition coefficient (Wildman–Crippen LogP) is 9.39. The molecule has 0 aliphatic heterocycles. The Morgan fingerprint density at radius 2 is 1.41 bits per heavy atom. The highest BCUT2D eigenvalue weighted by Gasteiger charge is 2.14. The van der Waals surface area contributed by atoms with Crippen molar-refractivity contribution in [2.75, 3.05) is 0 Å². The van der Waals surface area contributed by atoms with Crippen LogP contribution >= 0.6 is 0 Å². The lowest BCUT2D eigenvalue weighted by Gasteiger charge is -2.14. The Morgan fingerprint density at radius 3 is 2.28 bits per heavy atom. The van der Waals surface area contributed by atoms with Gasteiger partial charge in [-0.05, 0) is 135 Å². The standard InChI is InChI=1S/C51H39N3/c1-3-34-12-5-9-17-47(34)50(49-26-25-38-15-11-27-52-51(38)54-49)37-22-20-36(21-23-37)42-30-43(39-24-19-35(4-2)46-16-8-6-13-40(46)28-39)32-44(31-42)45-29-41-14-7-10-18-48(41)53-33-45/h3,5-18,20-33H,4,19H2,1-2H3/b34-3-,50-47-. The molecule has 1 aliphatic rings. The Kier molecular flexibility index (Phi) is 8.82. The maximum atomic E-state index is 5.07. The molecule has 0 spiro atoms. The first-order valence-electron chi connectivity index (χ1n) is 18.7. The van der Waals surface area contributed by atoms with Crippen molar-refractivity contribution in [2.45, 2.75) is 26.7 Å². The Balaban J connectivity index is 1.21. The van der Waals surface area contributed by atoms with E-state index < -0.39 is 0 Å². The van der Waals surface area contributed by atoms with Crippen molar-refractivity contribution in [3.05, 3.63) is 202 Å². The van der Waals surface area contributed by atoms with Crippen LogP contribution in [-0.2, 0) is 0 Å². The van der Waals surface area contributed by atoms with E-state index in [1.165, 1.54) is 32.4 Å². The molecule has 3 nitrogen and oxygen atoms in total. The van der Waals surface area contributed by atoms with Gasteiger partial charge in [-0.1, -0.05) is 116 Å². The molecule has 0 amide bonds. The third-order valence-electron chi connectivity index (χ3n) is 10.6. The van der Waals surface area contributed by atoms with Gasteiger partial charge in [0.1, 0.15) is 0 Å². The van der Waals surface area contributed by atoms with E-state index >= 15 is 0 Å². The first-order valence-corrected chi connectivity index (χ1v) is 18.7. The summed E-state index contributed by atoms with van der Waals surface area (Å²) in [4.78, 5) is 14.5. The summed E-state index contributed by atoms with van der Waals surface area (Å²) in [6.45, 7) is 4.35. The molecule has 5 aromatic carbocycles. The number of rotatable bonds is 6. The number of aromatic nitrogens is 3. The van der Waals surface area contributed by atoms with Gasteiger partial charge in [0.05, 0.1) is 11.2 Å². The Hall–Kier alpha value is -6.71. The van der Waals surface area contributed by atoms with Crippen molar-refractivity contribution in [1.82, 2.24) is 15.0 Å². The van der Waals surface area contributed by atoms with Crippen molar-refractivity contribution in [3.8, 4) is 22.3 Å². The monoisotopic (exact) mass is 693 g/mol. The average Bonchev–Trinajstić information content (AvgIpc) is 3.43. The quantitative estimate of drug-likeness (QED) is 0.174. The minimum atomic E-state index is 0.741. The average molecular weight is 694 g/mol. The minimum absolute atomic E-state index is 0.741. The molecule has 3 heteroatoms. The van der Waals surface area contributed by atoms with Crippen LogP contribution in [0.3, 0.4) is 0 Å². The fourth-order valence-corrected chi connectivity index (χ4v) is 7.75. The maximum Gasteiger partial charge on any atom is 0.159 e. The van der Waals surface area contributed by atoms with Gasteiger partial charge in [-0.15, -0.1) is 0 Å². The topological polar surface area (TPSA) is 38.7 Å². The molecule has 9 rings (SSSR count).